The Morgan fingerprint density at radius 1 is 0.205 bits per heavy atom. The number of hydrogen-bond donors (Lipinski definition) is 0. The van der Waals surface area contributed by atoms with Gasteiger partial charge >= 0.3 is 0 Å². The normalized spacial score (nSPS) is 13.6. The maximum atomic E-state index is 2.51. The van der Waals surface area contributed by atoms with Gasteiger partial charge in [-0.1, -0.05) is 236 Å². The third-order valence-electron chi connectivity index (χ3n) is 16.1. The molecule has 0 bridgehead atoms. The Hall–Kier alpha value is -9.10. The summed E-state index contributed by atoms with van der Waals surface area (Å²) in [6.07, 6.45) is 4.86. The average molecular weight is 999 g/mol. The molecule has 0 nitrogen and oxygen atoms in total. The molecule has 0 saturated carbocycles. The monoisotopic (exact) mass is 998 g/mol. The molecule has 374 valence electrons. The molecule has 0 aliphatic heterocycles. The Labute approximate surface area is 461 Å². The second-order valence-electron chi connectivity index (χ2n) is 23.4. The van der Waals surface area contributed by atoms with Crippen LogP contribution in [0.25, 0.3) is 112 Å². The fourth-order valence-corrected chi connectivity index (χ4v) is 11.7. The minimum Gasteiger partial charge on any atom is -0.0622 e. The first-order valence-corrected chi connectivity index (χ1v) is 27.5. The van der Waals surface area contributed by atoms with E-state index in [4.69, 9.17) is 0 Å². The van der Waals surface area contributed by atoms with Gasteiger partial charge in [0.15, 0.2) is 0 Å². The summed E-state index contributed by atoms with van der Waals surface area (Å²) >= 11 is 0. The first-order chi connectivity index (χ1) is 37.9. The number of rotatable bonds is 8. The maximum Gasteiger partial charge on any atom is -0.00921 e. The van der Waals surface area contributed by atoms with Crippen molar-refractivity contribution in [3.8, 4) is 89.0 Å². The van der Waals surface area contributed by atoms with Gasteiger partial charge in [0.1, 0.15) is 0 Å². The van der Waals surface area contributed by atoms with E-state index in [-0.39, 0.29) is 10.8 Å². The van der Waals surface area contributed by atoms with E-state index >= 15 is 0 Å². The lowest BCUT2D eigenvalue weighted by molar-refractivity contribution is 0.590. The summed E-state index contributed by atoms with van der Waals surface area (Å²) in [6, 6.07) is 95.1. The Bertz CT molecular complexity index is 3730. The molecule has 0 saturated heterocycles. The highest BCUT2D eigenvalue weighted by Gasteiger charge is 2.32. The molecule has 0 amide bonds. The summed E-state index contributed by atoms with van der Waals surface area (Å²) in [5.41, 5.74) is 32.2. The first-order valence-electron chi connectivity index (χ1n) is 27.5. The van der Waals surface area contributed by atoms with Crippen LogP contribution < -0.4 is 0 Å². The summed E-state index contributed by atoms with van der Waals surface area (Å²) in [5, 5.41) is 0. The van der Waals surface area contributed by atoms with Gasteiger partial charge < -0.3 is 0 Å². The molecule has 0 spiro atoms. The van der Waals surface area contributed by atoms with Crippen molar-refractivity contribution in [3.63, 3.8) is 0 Å². The average Bonchev–Trinajstić information content (AvgIpc) is 4.13. The molecule has 0 radical (unpaired) electrons. The fourth-order valence-electron chi connectivity index (χ4n) is 11.7. The Kier molecular flexibility index (Phi) is 12.1. The van der Waals surface area contributed by atoms with Gasteiger partial charge in [0, 0.05) is 0 Å². The quantitative estimate of drug-likeness (QED) is 0.142. The Morgan fingerprint density at radius 3 is 0.756 bits per heavy atom. The van der Waals surface area contributed by atoms with Crippen LogP contribution in [0.3, 0.4) is 0 Å². The fraction of sp³-hybridized carbons (Fsp3) is 0.103. The van der Waals surface area contributed by atoms with Crippen LogP contribution in [0.1, 0.15) is 86.1 Å². The summed E-state index contributed by atoms with van der Waals surface area (Å²) in [7, 11) is 0. The van der Waals surface area contributed by atoms with Crippen molar-refractivity contribution in [1.29, 1.82) is 0 Å². The van der Waals surface area contributed by atoms with Crippen molar-refractivity contribution >= 4 is 23.3 Å². The summed E-state index contributed by atoms with van der Waals surface area (Å²) < 4.78 is 0. The van der Waals surface area contributed by atoms with Crippen LogP contribution in [0.4, 0.5) is 0 Å². The molecule has 0 N–H and O–H groups in total. The summed E-state index contributed by atoms with van der Waals surface area (Å²) in [5.74, 6) is 0. The molecule has 0 heteroatoms. The minimum atomic E-state index is 0.0581. The molecular formula is C78H62. The lowest BCUT2D eigenvalue weighted by Gasteiger charge is -2.19. The van der Waals surface area contributed by atoms with Crippen LogP contribution in [0.2, 0.25) is 0 Å². The van der Waals surface area contributed by atoms with Gasteiger partial charge in [-0.05, 0) is 228 Å². The highest BCUT2D eigenvalue weighted by Crippen LogP contribution is 2.54. The zero-order chi connectivity index (χ0) is 53.1. The van der Waals surface area contributed by atoms with Gasteiger partial charge in [0.2, 0.25) is 0 Å². The molecule has 11 aromatic rings. The molecule has 0 aromatic heterocycles. The molecule has 0 unspecified atom stereocenters. The van der Waals surface area contributed by atoms with E-state index in [1.165, 1.54) is 145 Å². The van der Waals surface area contributed by atoms with Gasteiger partial charge in [0.05, 0.1) is 0 Å². The van der Waals surface area contributed by atoms with Crippen LogP contribution in [-0.4, -0.2) is 0 Å². The maximum absolute atomic E-state index is 2.51. The predicted molar refractivity (Wildman–Crippen MR) is 334 cm³/mol. The summed E-state index contributed by atoms with van der Waals surface area (Å²) in [6.45, 7) is 13.7. The molecular weight excluding hydrogens is 937 g/mol. The van der Waals surface area contributed by atoms with Gasteiger partial charge in [0.25, 0.3) is 0 Å². The van der Waals surface area contributed by atoms with E-state index in [0.29, 0.717) is 0 Å². The number of fused-ring (bicyclic) bond motifs is 6. The second kappa shape index (κ2) is 19.5. The van der Waals surface area contributed by atoms with Gasteiger partial charge in [-0.25, -0.2) is 0 Å². The molecule has 0 heterocycles. The van der Waals surface area contributed by atoms with E-state index in [1.807, 2.05) is 0 Å². The second-order valence-corrected chi connectivity index (χ2v) is 23.4. The SMILES string of the molecule is CC(C)(C)c1ccc(C=C2c3cc(-c4cc(-c5ccccc5)cc(-c5ccccc5)c4)ccc3-c3cc4c(cc32)-c2ccc(-c3cc(-c5ccccc5)cc(-c5ccccc5)c3)cc2C4=Cc2ccc(C(C)(C)C)cc2)cc1. The lowest BCUT2D eigenvalue weighted by Crippen LogP contribution is -2.10. The van der Waals surface area contributed by atoms with E-state index < -0.39 is 0 Å². The van der Waals surface area contributed by atoms with Crippen LogP contribution in [-0.2, 0) is 10.8 Å². The van der Waals surface area contributed by atoms with Crippen LogP contribution in [0.15, 0.2) is 255 Å². The number of benzene rings is 11. The molecule has 78 heavy (non-hydrogen) atoms. The lowest BCUT2D eigenvalue weighted by atomic mass is 9.86. The largest absolute Gasteiger partial charge is 0.0622 e. The van der Waals surface area contributed by atoms with Crippen LogP contribution in [0, 0.1) is 0 Å². The van der Waals surface area contributed by atoms with Crippen molar-refractivity contribution in [2.75, 3.05) is 0 Å². The van der Waals surface area contributed by atoms with E-state index in [2.05, 4.69) is 308 Å². The standard InChI is InChI=1S/C78H62/c1-77(2,3)65-33-27-51(28-34-65)39-69-71-47-57(63-43-59(53-19-11-7-12-20-53)41-60(44-63)54-21-13-8-14-22-54)31-37-67(71)73-50-76-70(40-52-29-35-66(36-30-52)78(4,5)6)72-48-58(32-38-68(72)74(76)49-75(69)73)64-45-61(55-23-15-9-16-24-55)42-62(46-64)56-25-17-10-18-26-56/h7-50H,1-6H3. The van der Waals surface area contributed by atoms with Gasteiger partial charge in [-0.3, -0.25) is 0 Å². The highest BCUT2D eigenvalue weighted by molar-refractivity contribution is 6.14. The van der Waals surface area contributed by atoms with Crippen molar-refractivity contribution in [2.45, 2.75) is 52.4 Å². The van der Waals surface area contributed by atoms with Crippen molar-refractivity contribution < 1.29 is 0 Å². The molecule has 13 rings (SSSR count). The van der Waals surface area contributed by atoms with Crippen molar-refractivity contribution in [2.24, 2.45) is 0 Å². The van der Waals surface area contributed by atoms with Crippen LogP contribution in [0.5, 0.6) is 0 Å². The van der Waals surface area contributed by atoms with Crippen LogP contribution >= 0.6 is 0 Å². The molecule has 2 aliphatic carbocycles. The molecule has 0 fully saturated rings. The molecule has 11 aromatic carbocycles. The first kappa shape index (κ1) is 48.5. The zero-order valence-corrected chi connectivity index (χ0v) is 45.4. The number of hydrogen-bond acceptors (Lipinski definition) is 0. The molecule has 2 aliphatic rings. The van der Waals surface area contributed by atoms with E-state index in [9.17, 15) is 0 Å². The predicted octanol–water partition coefficient (Wildman–Crippen LogP) is 21.4. The minimum absolute atomic E-state index is 0.0581. The van der Waals surface area contributed by atoms with E-state index in [0.717, 1.165) is 0 Å². The molecule has 0 atom stereocenters. The smallest absolute Gasteiger partial charge is 0.00921 e. The van der Waals surface area contributed by atoms with Crippen molar-refractivity contribution in [3.05, 3.63) is 299 Å². The third-order valence-corrected chi connectivity index (χ3v) is 16.1. The summed E-state index contributed by atoms with van der Waals surface area (Å²) in [4.78, 5) is 0. The Balaban J connectivity index is 0.997. The van der Waals surface area contributed by atoms with Crippen molar-refractivity contribution in [1.82, 2.24) is 0 Å². The Morgan fingerprint density at radius 2 is 0.474 bits per heavy atom. The highest BCUT2D eigenvalue weighted by atomic mass is 14.3. The third kappa shape index (κ3) is 9.28. The zero-order valence-electron chi connectivity index (χ0n) is 45.4. The van der Waals surface area contributed by atoms with Gasteiger partial charge in [-0.15, -0.1) is 0 Å². The van der Waals surface area contributed by atoms with Gasteiger partial charge in [-0.2, -0.15) is 0 Å². The topological polar surface area (TPSA) is 0 Å². The van der Waals surface area contributed by atoms with E-state index in [1.54, 1.807) is 0 Å².